The minimum Gasteiger partial charge on any atom is -0.394 e. The molecule has 6 nitrogen and oxygen atoms in total. The number of aliphatic hydroxyl groups is 1. The molecule has 0 saturated heterocycles. The monoisotopic (exact) mass is 252 g/mol. The maximum absolute atomic E-state index is 11.9. The van der Waals surface area contributed by atoms with Gasteiger partial charge in [-0.3, -0.25) is 14.9 Å². The minimum absolute atomic E-state index is 0.0203. The van der Waals surface area contributed by atoms with Crippen LogP contribution in [-0.2, 0) is 0 Å². The van der Waals surface area contributed by atoms with E-state index >= 15 is 0 Å². The van der Waals surface area contributed by atoms with E-state index in [0.717, 1.165) is 5.56 Å². The van der Waals surface area contributed by atoms with E-state index in [-0.39, 0.29) is 17.9 Å². The number of nitrogens with zero attached hydrogens (tertiary/aromatic N) is 1. The van der Waals surface area contributed by atoms with E-state index in [9.17, 15) is 14.9 Å². The van der Waals surface area contributed by atoms with Crippen molar-refractivity contribution in [1.82, 2.24) is 5.32 Å². The predicted octanol–water partition coefficient (Wildman–Crippen LogP) is 1.40. The average molecular weight is 252 g/mol. The summed E-state index contributed by atoms with van der Waals surface area (Å²) in [7, 11) is 0. The molecule has 0 aromatic heterocycles. The van der Waals surface area contributed by atoms with Gasteiger partial charge in [0, 0.05) is 6.07 Å². The smallest absolute Gasteiger partial charge is 0.282 e. The fourth-order valence-corrected chi connectivity index (χ4v) is 1.53. The Morgan fingerprint density at radius 3 is 2.72 bits per heavy atom. The predicted molar refractivity (Wildman–Crippen MR) is 66.5 cm³/mol. The van der Waals surface area contributed by atoms with Crippen LogP contribution in [0.3, 0.4) is 0 Å². The Hall–Kier alpha value is -1.95. The Kier molecular flexibility index (Phi) is 4.79. The van der Waals surface area contributed by atoms with Crippen LogP contribution in [0.15, 0.2) is 18.2 Å². The highest BCUT2D eigenvalue weighted by atomic mass is 16.6. The molecule has 0 aliphatic heterocycles. The van der Waals surface area contributed by atoms with E-state index in [1.54, 1.807) is 13.0 Å². The fourth-order valence-electron chi connectivity index (χ4n) is 1.53. The van der Waals surface area contributed by atoms with Crippen molar-refractivity contribution in [2.75, 3.05) is 6.61 Å². The third kappa shape index (κ3) is 3.27. The van der Waals surface area contributed by atoms with Gasteiger partial charge in [-0.1, -0.05) is 13.0 Å². The van der Waals surface area contributed by atoms with Gasteiger partial charge in [-0.25, -0.2) is 0 Å². The number of nitro groups is 1. The van der Waals surface area contributed by atoms with Crippen molar-refractivity contribution in [3.8, 4) is 0 Å². The molecule has 1 rings (SSSR count). The van der Waals surface area contributed by atoms with E-state index in [2.05, 4.69) is 5.32 Å². The lowest BCUT2D eigenvalue weighted by Gasteiger charge is -2.14. The molecule has 1 aromatic rings. The van der Waals surface area contributed by atoms with Gasteiger partial charge < -0.3 is 10.4 Å². The number of carbonyl (C=O) groups is 1. The zero-order chi connectivity index (χ0) is 13.7. The quantitative estimate of drug-likeness (QED) is 0.612. The third-order valence-electron chi connectivity index (χ3n) is 2.64. The molecule has 0 aliphatic rings. The van der Waals surface area contributed by atoms with E-state index < -0.39 is 16.9 Å². The molecule has 1 aromatic carbocycles. The molecule has 1 unspecified atom stereocenters. The Labute approximate surface area is 105 Å². The van der Waals surface area contributed by atoms with Crippen LogP contribution >= 0.6 is 0 Å². The maximum atomic E-state index is 11.9. The van der Waals surface area contributed by atoms with Gasteiger partial charge in [0.15, 0.2) is 0 Å². The lowest BCUT2D eigenvalue weighted by molar-refractivity contribution is -0.385. The molecule has 1 amide bonds. The first-order valence-electron chi connectivity index (χ1n) is 5.66. The summed E-state index contributed by atoms with van der Waals surface area (Å²) in [6.07, 6.45) is 0.557. The van der Waals surface area contributed by atoms with Gasteiger partial charge in [-0.15, -0.1) is 0 Å². The summed E-state index contributed by atoms with van der Waals surface area (Å²) in [6, 6.07) is 3.97. The van der Waals surface area contributed by atoms with Gasteiger partial charge in [0.1, 0.15) is 5.56 Å². The van der Waals surface area contributed by atoms with Crippen LogP contribution in [0.25, 0.3) is 0 Å². The summed E-state index contributed by atoms with van der Waals surface area (Å²) in [5, 5.41) is 22.4. The van der Waals surface area contributed by atoms with Crippen molar-refractivity contribution in [2.45, 2.75) is 26.3 Å². The SMILES string of the molecule is CCC(CO)NC(=O)c1cc(C)ccc1[N+](=O)[O-]. The first-order valence-corrected chi connectivity index (χ1v) is 5.66. The molecule has 18 heavy (non-hydrogen) atoms. The average Bonchev–Trinajstić information content (AvgIpc) is 2.35. The number of aliphatic hydroxyl groups excluding tert-OH is 1. The number of benzene rings is 1. The number of hydrogen-bond acceptors (Lipinski definition) is 4. The van der Waals surface area contributed by atoms with Crippen LogP contribution in [0.2, 0.25) is 0 Å². The largest absolute Gasteiger partial charge is 0.394 e. The number of nitrogens with one attached hydrogen (secondary N) is 1. The second kappa shape index (κ2) is 6.11. The van der Waals surface area contributed by atoms with E-state index in [1.807, 2.05) is 6.92 Å². The second-order valence-corrected chi connectivity index (χ2v) is 4.04. The molecular formula is C12H16N2O4. The van der Waals surface area contributed by atoms with Gasteiger partial charge in [-0.2, -0.15) is 0 Å². The highest BCUT2D eigenvalue weighted by Crippen LogP contribution is 2.19. The topological polar surface area (TPSA) is 92.5 Å². The summed E-state index contributed by atoms with van der Waals surface area (Å²) in [6.45, 7) is 3.37. The summed E-state index contributed by atoms with van der Waals surface area (Å²) in [4.78, 5) is 22.2. The molecule has 0 heterocycles. The van der Waals surface area contributed by atoms with E-state index in [4.69, 9.17) is 5.11 Å². The lowest BCUT2D eigenvalue weighted by Crippen LogP contribution is -2.37. The first kappa shape index (κ1) is 14.1. The molecule has 0 radical (unpaired) electrons. The van der Waals surface area contributed by atoms with Crippen molar-refractivity contribution in [3.05, 3.63) is 39.4 Å². The zero-order valence-corrected chi connectivity index (χ0v) is 10.3. The molecule has 1 atom stereocenters. The Bertz CT molecular complexity index is 455. The molecular weight excluding hydrogens is 236 g/mol. The number of amides is 1. The van der Waals surface area contributed by atoms with Crippen molar-refractivity contribution in [1.29, 1.82) is 0 Å². The summed E-state index contributed by atoms with van der Waals surface area (Å²) < 4.78 is 0. The van der Waals surface area contributed by atoms with Crippen molar-refractivity contribution < 1.29 is 14.8 Å². The lowest BCUT2D eigenvalue weighted by atomic mass is 10.1. The third-order valence-corrected chi connectivity index (χ3v) is 2.64. The van der Waals surface area contributed by atoms with Crippen molar-refractivity contribution >= 4 is 11.6 Å². The van der Waals surface area contributed by atoms with Crippen LogP contribution in [0, 0.1) is 17.0 Å². The van der Waals surface area contributed by atoms with Crippen LogP contribution < -0.4 is 5.32 Å². The number of rotatable bonds is 5. The highest BCUT2D eigenvalue weighted by Gasteiger charge is 2.21. The van der Waals surface area contributed by atoms with E-state index in [0.29, 0.717) is 6.42 Å². The molecule has 6 heteroatoms. The van der Waals surface area contributed by atoms with Gasteiger partial charge in [-0.05, 0) is 25.0 Å². The van der Waals surface area contributed by atoms with Gasteiger partial charge in [0.2, 0.25) is 0 Å². The van der Waals surface area contributed by atoms with Gasteiger partial charge >= 0.3 is 0 Å². The fraction of sp³-hybridized carbons (Fsp3) is 0.417. The molecule has 0 spiro atoms. The van der Waals surface area contributed by atoms with Crippen LogP contribution in [-0.4, -0.2) is 28.6 Å². The minimum atomic E-state index is -0.589. The van der Waals surface area contributed by atoms with Crippen molar-refractivity contribution in [3.63, 3.8) is 0 Å². The molecule has 0 aliphatic carbocycles. The molecule has 98 valence electrons. The van der Waals surface area contributed by atoms with Crippen molar-refractivity contribution in [2.24, 2.45) is 0 Å². The Balaban J connectivity index is 3.03. The Morgan fingerprint density at radius 1 is 1.56 bits per heavy atom. The van der Waals surface area contributed by atoms with Crippen LogP contribution in [0.5, 0.6) is 0 Å². The van der Waals surface area contributed by atoms with Crippen LogP contribution in [0.1, 0.15) is 29.3 Å². The van der Waals surface area contributed by atoms with Crippen LogP contribution in [0.4, 0.5) is 5.69 Å². The molecule has 2 N–H and O–H groups in total. The summed E-state index contributed by atoms with van der Waals surface area (Å²) in [5.74, 6) is -0.536. The number of hydrogen-bond donors (Lipinski definition) is 2. The molecule has 0 fully saturated rings. The molecule has 0 saturated carbocycles. The second-order valence-electron chi connectivity index (χ2n) is 4.04. The zero-order valence-electron chi connectivity index (χ0n) is 10.3. The summed E-state index contributed by atoms with van der Waals surface area (Å²) >= 11 is 0. The Morgan fingerprint density at radius 2 is 2.22 bits per heavy atom. The molecule has 0 bridgehead atoms. The maximum Gasteiger partial charge on any atom is 0.282 e. The number of nitro benzene ring substituents is 1. The number of aryl methyl sites for hydroxylation is 1. The summed E-state index contributed by atoms with van der Waals surface area (Å²) in [5.41, 5.74) is 0.556. The normalized spacial score (nSPS) is 11.9. The van der Waals surface area contributed by atoms with Gasteiger partial charge in [0.05, 0.1) is 17.6 Å². The highest BCUT2D eigenvalue weighted by molar-refractivity contribution is 5.98. The first-order chi connectivity index (χ1) is 8.49. The van der Waals surface area contributed by atoms with E-state index in [1.165, 1.54) is 12.1 Å². The van der Waals surface area contributed by atoms with Gasteiger partial charge in [0.25, 0.3) is 11.6 Å². The standard InChI is InChI=1S/C12H16N2O4/c1-3-9(7-15)13-12(16)10-6-8(2)4-5-11(10)14(17)18/h4-6,9,15H,3,7H2,1-2H3,(H,13,16). The number of carbonyl (C=O) groups excluding carboxylic acids is 1.